The molecular formula is C20H23Cl2N3O3. The van der Waals surface area contributed by atoms with Crippen LogP contribution in [0.15, 0.2) is 24.4 Å². The van der Waals surface area contributed by atoms with Gasteiger partial charge in [-0.25, -0.2) is 4.98 Å². The van der Waals surface area contributed by atoms with E-state index in [1.54, 1.807) is 13.3 Å². The number of rotatable bonds is 5. The monoisotopic (exact) mass is 423 g/mol. The SMILES string of the molecule is COc1ncc([C@]2(O)CC[C@H]3CN(Cc4c(Cl)cccc4Cl)C[C@H]32)c(OC)n1. The van der Waals surface area contributed by atoms with Crippen LogP contribution in [0.1, 0.15) is 24.0 Å². The minimum atomic E-state index is -1.03. The maximum absolute atomic E-state index is 11.6. The van der Waals surface area contributed by atoms with Crippen LogP contribution in [0, 0.1) is 11.8 Å². The molecule has 1 N–H and O–H groups in total. The molecule has 1 aromatic heterocycles. The third kappa shape index (κ3) is 3.32. The number of likely N-dealkylation sites (tertiary alicyclic amines) is 1. The average Bonchev–Trinajstić information content (AvgIpc) is 3.24. The molecular weight excluding hydrogens is 401 g/mol. The fraction of sp³-hybridized carbons (Fsp3) is 0.500. The van der Waals surface area contributed by atoms with Crippen LogP contribution in [0.2, 0.25) is 10.0 Å². The lowest BCUT2D eigenvalue weighted by Crippen LogP contribution is -2.35. The Hall–Kier alpha value is -1.60. The molecule has 8 heteroatoms. The largest absolute Gasteiger partial charge is 0.481 e. The molecule has 28 heavy (non-hydrogen) atoms. The Labute approximate surface area is 174 Å². The summed E-state index contributed by atoms with van der Waals surface area (Å²) in [6.07, 6.45) is 3.22. The molecule has 0 radical (unpaired) electrons. The normalized spacial score (nSPS) is 27.0. The summed E-state index contributed by atoms with van der Waals surface area (Å²) in [6, 6.07) is 5.78. The van der Waals surface area contributed by atoms with E-state index in [1.807, 2.05) is 18.2 Å². The molecule has 4 rings (SSSR count). The van der Waals surface area contributed by atoms with E-state index in [0.29, 0.717) is 40.4 Å². The molecule has 1 aliphatic heterocycles. The van der Waals surface area contributed by atoms with Crippen molar-refractivity contribution in [3.8, 4) is 11.9 Å². The van der Waals surface area contributed by atoms with E-state index in [-0.39, 0.29) is 11.9 Å². The van der Waals surface area contributed by atoms with E-state index in [4.69, 9.17) is 32.7 Å². The van der Waals surface area contributed by atoms with Crippen molar-refractivity contribution in [2.75, 3.05) is 27.3 Å². The van der Waals surface area contributed by atoms with Gasteiger partial charge in [0.05, 0.1) is 19.8 Å². The first-order valence-corrected chi connectivity index (χ1v) is 10.0. The second kappa shape index (κ2) is 7.67. The van der Waals surface area contributed by atoms with Gasteiger partial charge in [-0.2, -0.15) is 4.98 Å². The summed E-state index contributed by atoms with van der Waals surface area (Å²) in [5.74, 6) is 0.820. The number of methoxy groups -OCH3 is 2. The van der Waals surface area contributed by atoms with E-state index in [0.717, 1.165) is 25.1 Å². The second-order valence-corrected chi connectivity index (χ2v) is 8.32. The Bertz CT molecular complexity index is 862. The zero-order chi connectivity index (χ0) is 19.9. The lowest BCUT2D eigenvalue weighted by molar-refractivity contribution is -0.00971. The molecule has 2 aliphatic rings. The Morgan fingerprint density at radius 2 is 1.96 bits per heavy atom. The highest BCUT2D eigenvalue weighted by molar-refractivity contribution is 6.35. The van der Waals surface area contributed by atoms with Gasteiger partial charge in [-0.05, 0) is 30.9 Å². The number of aliphatic hydroxyl groups is 1. The fourth-order valence-corrected chi connectivity index (χ4v) is 5.17. The Morgan fingerprint density at radius 1 is 1.21 bits per heavy atom. The zero-order valence-corrected chi connectivity index (χ0v) is 17.4. The summed E-state index contributed by atoms with van der Waals surface area (Å²) in [4.78, 5) is 10.8. The molecule has 0 amide bonds. The van der Waals surface area contributed by atoms with Gasteiger partial charge in [-0.1, -0.05) is 29.3 Å². The summed E-state index contributed by atoms with van der Waals surface area (Å²) >= 11 is 12.7. The number of fused-ring (bicyclic) bond motifs is 1. The minimum Gasteiger partial charge on any atom is -0.481 e. The molecule has 1 aromatic carbocycles. The van der Waals surface area contributed by atoms with Crippen molar-refractivity contribution in [2.45, 2.75) is 25.0 Å². The first kappa shape index (κ1) is 19.7. The molecule has 3 atom stereocenters. The topological polar surface area (TPSA) is 67.7 Å². The summed E-state index contributed by atoms with van der Waals surface area (Å²) < 4.78 is 10.5. The standard InChI is InChI=1S/C20H23Cl2N3O3/c1-27-18-14(8-23-19(24-18)28-2)20(26)7-6-12-9-25(11-15(12)20)10-13-16(21)4-3-5-17(13)22/h3-5,8,12,15,26H,6-7,9-11H2,1-2H3/t12-,15+,20+/m0/s1. The number of halogens is 2. The van der Waals surface area contributed by atoms with Gasteiger partial charge in [0.15, 0.2) is 0 Å². The maximum Gasteiger partial charge on any atom is 0.319 e. The maximum atomic E-state index is 11.6. The molecule has 0 bridgehead atoms. The van der Waals surface area contributed by atoms with Gasteiger partial charge in [-0.3, -0.25) is 4.90 Å². The molecule has 1 saturated heterocycles. The summed E-state index contributed by atoms with van der Waals surface area (Å²) in [5, 5.41) is 13.0. The molecule has 2 fully saturated rings. The van der Waals surface area contributed by atoms with Crippen LogP contribution < -0.4 is 9.47 Å². The molecule has 1 saturated carbocycles. The first-order chi connectivity index (χ1) is 13.5. The van der Waals surface area contributed by atoms with Crippen LogP contribution in [-0.4, -0.2) is 47.3 Å². The van der Waals surface area contributed by atoms with Gasteiger partial charge in [-0.15, -0.1) is 0 Å². The number of ether oxygens (including phenoxy) is 2. The number of hydrogen-bond acceptors (Lipinski definition) is 6. The Balaban J connectivity index is 1.58. The predicted octanol–water partition coefficient (Wildman–Crippen LogP) is 3.53. The Morgan fingerprint density at radius 3 is 2.64 bits per heavy atom. The van der Waals surface area contributed by atoms with Crippen LogP contribution in [-0.2, 0) is 12.1 Å². The van der Waals surface area contributed by atoms with Crippen LogP contribution in [0.25, 0.3) is 0 Å². The predicted molar refractivity (Wildman–Crippen MR) is 107 cm³/mol. The Kier molecular flexibility index (Phi) is 5.40. The van der Waals surface area contributed by atoms with Crippen molar-refractivity contribution in [1.29, 1.82) is 0 Å². The van der Waals surface area contributed by atoms with Crippen LogP contribution in [0.5, 0.6) is 11.9 Å². The van der Waals surface area contributed by atoms with E-state index in [2.05, 4.69) is 14.9 Å². The second-order valence-electron chi connectivity index (χ2n) is 7.50. The highest BCUT2D eigenvalue weighted by Gasteiger charge is 2.54. The van der Waals surface area contributed by atoms with Crippen LogP contribution >= 0.6 is 23.2 Å². The molecule has 0 spiro atoms. The van der Waals surface area contributed by atoms with Crippen LogP contribution in [0.3, 0.4) is 0 Å². The van der Waals surface area contributed by atoms with Gasteiger partial charge >= 0.3 is 6.01 Å². The summed E-state index contributed by atoms with van der Waals surface area (Å²) in [6.45, 7) is 2.31. The first-order valence-electron chi connectivity index (χ1n) is 9.29. The molecule has 1 aliphatic carbocycles. The highest BCUT2D eigenvalue weighted by atomic mass is 35.5. The summed E-state index contributed by atoms with van der Waals surface area (Å²) in [5.41, 5.74) is 0.530. The van der Waals surface area contributed by atoms with Gasteiger partial charge in [0.25, 0.3) is 0 Å². The minimum absolute atomic E-state index is 0.0691. The third-order valence-electron chi connectivity index (χ3n) is 6.04. The van der Waals surface area contributed by atoms with Gasteiger partial charge < -0.3 is 14.6 Å². The van der Waals surface area contributed by atoms with Crippen molar-refractivity contribution in [2.24, 2.45) is 11.8 Å². The molecule has 2 heterocycles. The quantitative estimate of drug-likeness (QED) is 0.792. The third-order valence-corrected chi connectivity index (χ3v) is 6.75. The van der Waals surface area contributed by atoms with E-state index >= 15 is 0 Å². The highest BCUT2D eigenvalue weighted by Crippen LogP contribution is 2.52. The molecule has 150 valence electrons. The fourth-order valence-electron chi connectivity index (χ4n) is 4.66. The zero-order valence-electron chi connectivity index (χ0n) is 15.9. The van der Waals surface area contributed by atoms with Gasteiger partial charge in [0.2, 0.25) is 5.88 Å². The number of benzene rings is 1. The average molecular weight is 424 g/mol. The summed E-state index contributed by atoms with van der Waals surface area (Å²) in [7, 11) is 3.05. The van der Waals surface area contributed by atoms with Crippen molar-refractivity contribution in [3.63, 3.8) is 0 Å². The van der Waals surface area contributed by atoms with Gasteiger partial charge in [0, 0.05) is 47.4 Å². The van der Waals surface area contributed by atoms with Crippen molar-refractivity contribution in [3.05, 3.63) is 45.6 Å². The van der Waals surface area contributed by atoms with Gasteiger partial charge in [0.1, 0.15) is 5.60 Å². The molecule has 6 nitrogen and oxygen atoms in total. The van der Waals surface area contributed by atoms with E-state index in [9.17, 15) is 5.11 Å². The number of nitrogens with zero attached hydrogens (tertiary/aromatic N) is 3. The molecule has 0 unspecified atom stereocenters. The van der Waals surface area contributed by atoms with E-state index < -0.39 is 5.60 Å². The smallest absolute Gasteiger partial charge is 0.319 e. The number of aromatic nitrogens is 2. The molecule has 2 aromatic rings. The number of hydrogen-bond donors (Lipinski definition) is 1. The lowest BCUT2D eigenvalue weighted by atomic mass is 9.83. The van der Waals surface area contributed by atoms with E-state index in [1.165, 1.54) is 7.11 Å². The van der Waals surface area contributed by atoms with Crippen molar-refractivity contribution < 1.29 is 14.6 Å². The van der Waals surface area contributed by atoms with Crippen LogP contribution in [0.4, 0.5) is 0 Å². The van der Waals surface area contributed by atoms with Crippen molar-refractivity contribution in [1.82, 2.24) is 14.9 Å². The lowest BCUT2D eigenvalue weighted by Gasteiger charge is -2.31. The van der Waals surface area contributed by atoms with Crippen molar-refractivity contribution >= 4 is 23.2 Å².